The number of halogens is 1. The van der Waals surface area contributed by atoms with Crippen molar-refractivity contribution in [1.82, 2.24) is 14.9 Å². The normalized spacial score (nSPS) is 10.8. The highest BCUT2D eigenvalue weighted by molar-refractivity contribution is 6.31. The van der Waals surface area contributed by atoms with Crippen LogP contribution in [0.5, 0.6) is 0 Å². The number of nitrogens with two attached hydrogens (primary N) is 1. The number of benzene rings is 1. The van der Waals surface area contributed by atoms with Crippen LogP contribution in [0, 0.1) is 0 Å². The van der Waals surface area contributed by atoms with Crippen LogP contribution in [-0.4, -0.2) is 21.9 Å². The van der Waals surface area contributed by atoms with E-state index in [1.165, 1.54) is 0 Å². The summed E-state index contributed by atoms with van der Waals surface area (Å²) in [6, 6.07) is 7.83. The third-order valence-corrected chi connectivity index (χ3v) is 2.92. The molecule has 1 aromatic carbocycles. The first-order valence-corrected chi connectivity index (χ1v) is 6.01. The summed E-state index contributed by atoms with van der Waals surface area (Å²) in [5.74, 6) is 0.438. The highest BCUT2D eigenvalue weighted by Gasteiger charge is 2.05. The monoisotopic (exact) mass is 262 g/mol. The lowest BCUT2D eigenvalue weighted by Crippen LogP contribution is -2.18. The molecule has 0 saturated carbocycles. The van der Waals surface area contributed by atoms with Crippen LogP contribution in [0.4, 0.5) is 5.82 Å². The molecule has 0 aliphatic carbocycles. The predicted octanol–water partition coefficient (Wildman–Crippen LogP) is 2.34. The molecule has 0 saturated heterocycles. The molecule has 0 radical (unpaired) electrons. The molecule has 0 amide bonds. The molecule has 0 aliphatic rings. The molecule has 0 unspecified atom stereocenters. The number of rotatable bonds is 4. The maximum Gasteiger partial charge on any atom is 0.141 e. The van der Waals surface area contributed by atoms with Gasteiger partial charge in [0.25, 0.3) is 0 Å². The van der Waals surface area contributed by atoms with Gasteiger partial charge in [-0.1, -0.05) is 29.8 Å². The van der Waals surface area contributed by atoms with Gasteiger partial charge in [-0.25, -0.2) is 4.98 Å². The van der Waals surface area contributed by atoms with Gasteiger partial charge in [-0.3, -0.25) is 9.88 Å². The average Bonchev–Trinajstić information content (AvgIpc) is 2.35. The van der Waals surface area contributed by atoms with Gasteiger partial charge in [0, 0.05) is 18.1 Å². The smallest absolute Gasteiger partial charge is 0.141 e. The Morgan fingerprint density at radius 3 is 2.61 bits per heavy atom. The minimum absolute atomic E-state index is 0.438. The second-order valence-corrected chi connectivity index (χ2v) is 4.60. The third kappa shape index (κ3) is 3.42. The van der Waals surface area contributed by atoms with Gasteiger partial charge >= 0.3 is 0 Å². The maximum absolute atomic E-state index is 6.12. The van der Waals surface area contributed by atoms with Crippen LogP contribution in [0.15, 0.2) is 36.7 Å². The molecule has 0 fully saturated rings. The van der Waals surface area contributed by atoms with E-state index in [0.29, 0.717) is 12.4 Å². The zero-order valence-electron chi connectivity index (χ0n) is 10.2. The largest absolute Gasteiger partial charge is 0.382 e. The van der Waals surface area contributed by atoms with Crippen molar-refractivity contribution in [1.29, 1.82) is 0 Å². The van der Waals surface area contributed by atoms with Crippen LogP contribution in [0.2, 0.25) is 5.02 Å². The number of anilines is 1. The van der Waals surface area contributed by atoms with E-state index in [0.717, 1.165) is 22.8 Å². The molecular weight excluding hydrogens is 248 g/mol. The highest BCUT2D eigenvalue weighted by atomic mass is 35.5. The van der Waals surface area contributed by atoms with E-state index in [2.05, 4.69) is 14.9 Å². The Morgan fingerprint density at radius 2 is 1.94 bits per heavy atom. The first-order chi connectivity index (χ1) is 8.65. The lowest BCUT2D eigenvalue weighted by atomic mass is 10.2. The van der Waals surface area contributed by atoms with Crippen molar-refractivity contribution in [3.8, 4) is 0 Å². The van der Waals surface area contributed by atoms with Crippen LogP contribution in [0.3, 0.4) is 0 Å². The molecule has 4 nitrogen and oxygen atoms in total. The lowest BCUT2D eigenvalue weighted by molar-refractivity contribution is 0.315. The van der Waals surface area contributed by atoms with Crippen molar-refractivity contribution >= 4 is 17.4 Å². The van der Waals surface area contributed by atoms with Gasteiger partial charge in [0.2, 0.25) is 0 Å². The summed E-state index contributed by atoms with van der Waals surface area (Å²) in [4.78, 5) is 10.4. The number of hydrogen-bond donors (Lipinski definition) is 1. The van der Waals surface area contributed by atoms with Crippen molar-refractivity contribution in [2.75, 3.05) is 12.8 Å². The summed E-state index contributed by atoms with van der Waals surface area (Å²) >= 11 is 6.12. The summed E-state index contributed by atoms with van der Waals surface area (Å²) in [7, 11) is 2.02. The van der Waals surface area contributed by atoms with Crippen molar-refractivity contribution in [2.45, 2.75) is 13.1 Å². The van der Waals surface area contributed by atoms with E-state index in [9.17, 15) is 0 Å². The summed E-state index contributed by atoms with van der Waals surface area (Å²) in [5.41, 5.74) is 7.49. The molecule has 5 heteroatoms. The van der Waals surface area contributed by atoms with Gasteiger partial charge in [0.1, 0.15) is 5.82 Å². The standard InChI is InChI=1S/C13H15ClN4/c1-18(8-10-4-2-3-5-12(10)14)9-11-6-17-13(15)7-16-11/h2-7H,8-9H2,1H3,(H2,15,17). The molecule has 0 aliphatic heterocycles. The molecule has 94 valence electrons. The Bertz CT molecular complexity index is 513. The van der Waals surface area contributed by atoms with Crippen molar-refractivity contribution < 1.29 is 0 Å². The lowest BCUT2D eigenvalue weighted by Gasteiger charge is -2.16. The molecule has 2 aromatic rings. The first-order valence-electron chi connectivity index (χ1n) is 5.63. The van der Waals surface area contributed by atoms with Gasteiger partial charge in [0.15, 0.2) is 0 Å². The third-order valence-electron chi connectivity index (χ3n) is 2.56. The average molecular weight is 263 g/mol. The van der Waals surface area contributed by atoms with Crippen LogP contribution in [0.25, 0.3) is 0 Å². The molecule has 18 heavy (non-hydrogen) atoms. The zero-order valence-corrected chi connectivity index (χ0v) is 10.9. The van der Waals surface area contributed by atoms with E-state index in [1.54, 1.807) is 12.4 Å². The fourth-order valence-electron chi connectivity index (χ4n) is 1.70. The molecular formula is C13H15ClN4. The fourth-order valence-corrected chi connectivity index (χ4v) is 1.89. The van der Waals surface area contributed by atoms with Crippen LogP contribution in [-0.2, 0) is 13.1 Å². The van der Waals surface area contributed by atoms with Gasteiger partial charge in [-0.05, 0) is 18.7 Å². The summed E-state index contributed by atoms with van der Waals surface area (Å²) < 4.78 is 0. The second kappa shape index (κ2) is 5.80. The van der Waals surface area contributed by atoms with Gasteiger partial charge in [-0.2, -0.15) is 0 Å². The van der Waals surface area contributed by atoms with Crippen LogP contribution >= 0.6 is 11.6 Å². The van der Waals surface area contributed by atoms with E-state index in [-0.39, 0.29) is 0 Å². The Kier molecular flexibility index (Phi) is 4.12. The molecule has 2 rings (SSSR count). The Morgan fingerprint density at radius 1 is 1.17 bits per heavy atom. The SMILES string of the molecule is CN(Cc1cnc(N)cn1)Cc1ccccc1Cl. The van der Waals surface area contributed by atoms with E-state index < -0.39 is 0 Å². The van der Waals surface area contributed by atoms with Crippen molar-refractivity contribution in [2.24, 2.45) is 0 Å². The summed E-state index contributed by atoms with van der Waals surface area (Å²) in [6.45, 7) is 1.48. The molecule has 2 N–H and O–H groups in total. The second-order valence-electron chi connectivity index (χ2n) is 4.20. The van der Waals surface area contributed by atoms with Gasteiger partial charge < -0.3 is 5.73 Å². The Hall–Kier alpha value is -1.65. The number of nitrogen functional groups attached to an aromatic ring is 1. The van der Waals surface area contributed by atoms with Crippen molar-refractivity contribution in [3.63, 3.8) is 0 Å². The highest BCUT2D eigenvalue weighted by Crippen LogP contribution is 2.17. The molecule has 1 heterocycles. The first kappa shape index (κ1) is 12.8. The van der Waals surface area contributed by atoms with Crippen LogP contribution in [0.1, 0.15) is 11.3 Å². The quantitative estimate of drug-likeness (QED) is 0.919. The van der Waals surface area contributed by atoms with E-state index >= 15 is 0 Å². The molecule has 1 aromatic heterocycles. The molecule has 0 spiro atoms. The van der Waals surface area contributed by atoms with Gasteiger partial charge in [-0.15, -0.1) is 0 Å². The topological polar surface area (TPSA) is 55.0 Å². The molecule has 0 bridgehead atoms. The predicted molar refractivity (Wildman–Crippen MR) is 73.1 cm³/mol. The zero-order chi connectivity index (χ0) is 13.0. The number of nitrogens with zero attached hydrogens (tertiary/aromatic N) is 3. The summed E-state index contributed by atoms with van der Waals surface area (Å²) in [6.07, 6.45) is 3.26. The number of aromatic nitrogens is 2. The summed E-state index contributed by atoms with van der Waals surface area (Å²) in [5, 5.41) is 0.785. The number of hydrogen-bond acceptors (Lipinski definition) is 4. The Balaban J connectivity index is 1.99. The van der Waals surface area contributed by atoms with Gasteiger partial charge in [0.05, 0.1) is 18.1 Å². The molecule has 0 atom stereocenters. The maximum atomic E-state index is 6.12. The van der Waals surface area contributed by atoms with E-state index in [4.69, 9.17) is 17.3 Å². The van der Waals surface area contributed by atoms with Crippen molar-refractivity contribution in [3.05, 3.63) is 52.9 Å². The Labute approximate surface area is 111 Å². The fraction of sp³-hybridized carbons (Fsp3) is 0.231. The van der Waals surface area contributed by atoms with Crippen LogP contribution < -0.4 is 5.73 Å². The minimum atomic E-state index is 0.438. The minimum Gasteiger partial charge on any atom is -0.382 e. The van der Waals surface area contributed by atoms with E-state index in [1.807, 2.05) is 31.3 Å².